The monoisotopic (exact) mass is 414 g/mol. The molecule has 0 bridgehead atoms. The Balaban J connectivity index is 1.58. The summed E-state index contributed by atoms with van der Waals surface area (Å²) in [6.07, 6.45) is 4.20. The normalized spacial score (nSPS) is 14.7. The average molecular weight is 415 g/mol. The second-order valence-corrected chi connectivity index (χ2v) is 8.02. The first-order valence-corrected chi connectivity index (χ1v) is 10.4. The molecule has 0 saturated carbocycles. The van der Waals surface area contributed by atoms with E-state index in [1.54, 1.807) is 30.5 Å². The van der Waals surface area contributed by atoms with Gasteiger partial charge in [0.05, 0.1) is 10.6 Å². The Hall–Kier alpha value is -2.60. The molecule has 1 atom stereocenters. The second kappa shape index (κ2) is 9.74. The minimum absolute atomic E-state index is 0.0721. The molecule has 1 aromatic heterocycles. The van der Waals surface area contributed by atoms with Crippen molar-refractivity contribution in [3.8, 4) is 0 Å². The van der Waals surface area contributed by atoms with Crippen molar-refractivity contribution in [3.05, 3.63) is 58.7 Å². The number of pyridine rings is 1. The maximum Gasteiger partial charge on any atom is 0.253 e. The van der Waals surface area contributed by atoms with E-state index in [0.717, 1.165) is 24.5 Å². The zero-order valence-electron chi connectivity index (χ0n) is 16.8. The van der Waals surface area contributed by atoms with Gasteiger partial charge in [0, 0.05) is 25.8 Å². The molecule has 0 radical (unpaired) electrons. The number of carbonyl (C=O) groups is 2. The van der Waals surface area contributed by atoms with Gasteiger partial charge in [0.2, 0.25) is 5.91 Å². The van der Waals surface area contributed by atoms with Gasteiger partial charge in [-0.25, -0.2) is 4.98 Å². The molecule has 1 unspecified atom stereocenters. The number of amides is 2. The van der Waals surface area contributed by atoms with E-state index in [2.05, 4.69) is 20.5 Å². The highest BCUT2D eigenvalue weighted by molar-refractivity contribution is 6.33. The summed E-state index contributed by atoms with van der Waals surface area (Å²) < 4.78 is 0. The summed E-state index contributed by atoms with van der Waals surface area (Å²) in [5.74, 6) is 0.312. The molecule has 0 spiro atoms. The maximum atomic E-state index is 12.7. The summed E-state index contributed by atoms with van der Waals surface area (Å²) in [4.78, 5) is 32.0. The summed E-state index contributed by atoms with van der Waals surface area (Å²) in [6.45, 7) is 6.24. The van der Waals surface area contributed by atoms with Gasteiger partial charge in [0.15, 0.2) is 0 Å². The maximum absolute atomic E-state index is 12.7. The van der Waals surface area contributed by atoms with Crippen LogP contribution in [-0.2, 0) is 11.3 Å². The third-order valence-corrected chi connectivity index (χ3v) is 5.39. The molecule has 2 amide bonds. The number of nitrogens with zero attached hydrogens (tertiary/aromatic N) is 2. The number of hydrogen-bond donors (Lipinski definition) is 2. The van der Waals surface area contributed by atoms with Crippen LogP contribution in [0.2, 0.25) is 5.02 Å². The molecule has 3 rings (SSSR count). The summed E-state index contributed by atoms with van der Waals surface area (Å²) in [5, 5.41) is 6.06. The van der Waals surface area contributed by atoms with Crippen LogP contribution in [0, 0.1) is 5.92 Å². The highest BCUT2D eigenvalue weighted by atomic mass is 35.5. The summed E-state index contributed by atoms with van der Waals surface area (Å²) in [5.41, 5.74) is 1.27. The fourth-order valence-corrected chi connectivity index (χ4v) is 3.57. The third-order valence-electron chi connectivity index (χ3n) is 5.06. The van der Waals surface area contributed by atoms with E-state index in [-0.39, 0.29) is 17.7 Å². The fraction of sp³-hybridized carbons (Fsp3) is 0.409. The number of benzene rings is 1. The Bertz CT molecular complexity index is 848. The van der Waals surface area contributed by atoms with E-state index >= 15 is 0 Å². The minimum atomic E-state index is -0.657. The van der Waals surface area contributed by atoms with Crippen molar-refractivity contribution in [2.75, 3.05) is 18.0 Å². The molecule has 2 aromatic rings. The largest absolute Gasteiger partial charge is 0.357 e. The van der Waals surface area contributed by atoms with E-state index in [1.165, 1.54) is 12.8 Å². The van der Waals surface area contributed by atoms with Gasteiger partial charge in [-0.3, -0.25) is 9.59 Å². The van der Waals surface area contributed by atoms with Crippen LogP contribution >= 0.6 is 11.6 Å². The zero-order chi connectivity index (χ0) is 20.8. The highest BCUT2D eigenvalue weighted by Gasteiger charge is 2.25. The quantitative estimate of drug-likeness (QED) is 0.728. The molecule has 1 aromatic carbocycles. The Kier molecular flexibility index (Phi) is 7.09. The Morgan fingerprint density at radius 3 is 2.48 bits per heavy atom. The molecule has 1 fully saturated rings. The molecule has 2 N–H and O–H groups in total. The van der Waals surface area contributed by atoms with Crippen molar-refractivity contribution >= 4 is 29.2 Å². The van der Waals surface area contributed by atoms with Gasteiger partial charge in [0.1, 0.15) is 11.9 Å². The van der Waals surface area contributed by atoms with Crippen LogP contribution in [-0.4, -0.2) is 35.9 Å². The van der Waals surface area contributed by atoms with Crippen LogP contribution in [0.15, 0.2) is 42.6 Å². The van der Waals surface area contributed by atoms with Crippen molar-refractivity contribution in [1.82, 2.24) is 15.6 Å². The SMILES string of the molecule is CC(C)C(NC(=O)c1ccccc1Cl)C(=O)NCc1ccc(N2CCCC2)nc1. The van der Waals surface area contributed by atoms with Crippen molar-refractivity contribution < 1.29 is 9.59 Å². The summed E-state index contributed by atoms with van der Waals surface area (Å²) >= 11 is 6.09. The number of nitrogens with one attached hydrogen (secondary N) is 2. The van der Waals surface area contributed by atoms with E-state index in [0.29, 0.717) is 17.1 Å². The smallest absolute Gasteiger partial charge is 0.253 e. The van der Waals surface area contributed by atoms with E-state index in [9.17, 15) is 9.59 Å². The summed E-state index contributed by atoms with van der Waals surface area (Å²) in [6, 6.07) is 10.1. The molecule has 1 aliphatic rings. The number of hydrogen-bond acceptors (Lipinski definition) is 4. The van der Waals surface area contributed by atoms with Crippen molar-refractivity contribution in [3.63, 3.8) is 0 Å². The van der Waals surface area contributed by atoms with Crippen LogP contribution in [0.3, 0.4) is 0 Å². The van der Waals surface area contributed by atoms with Crippen LogP contribution in [0.1, 0.15) is 42.6 Å². The molecule has 0 aliphatic carbocycles. The van der Waals surface area contributed by atoms with Crippen LogP contribution < -0.4 is 15.5 Å². The average Bonchev–Trinajstić information content (AvgIpc) is 3.25. The lowest BCUT2D eigenvalue weighted by Gasteiger charge is -2.22. The minimum Gasteiger partial charge on any atom is -0.357 e. The van der Waals surface area contributed by atoms with Crippen LogP contribution in [0.25, 0.3) is 0 Å². The third kappa shape index (κ3) is 5.48. The second-order valence-electron chi connectivity index (χ2n) is 7.61. The molecular formula is C22H27ClN4O2. The number of aromatic nitrogens is 1. The van der Waals surface area contributed by atoms with Crippen molar-refractivity contribution in [2.45, 2.75) is 39.3 Å². The van der Waals surface area contributed by atoms with Gasteiger partial charge < -0.3 is 15.5 Å². The van der Waals surface area contributed by atoms with Crippen molar-refractivity contribution in [1.29, 1.82) is 0 Å². The first-order chi connectivity index (χ1) is 14.0. The zero-order valence-corrected chi connectivity index (χ0v) is 17.6. The van der Waals surface area contributed by atoms with E-state index in [4.69, 9.17) is 11.6 Å². The van der Waals surface area contributed by atoms with Gasteiger partial charge >= 0.3 is 0 Å². The molecule has 1 aliphatic heterocycles. The standard InChI is InChI=1S/C22H27ClN4O2/c1-15(2)20(26-21(28)17-7-3-4-8-18(17)23)22(29)25-14-16-9-10-19(24-13-16)27-11-5-6-12-27/h3-4,7-10,13,15,20H,5-6,11-12,14H2,1-2H3,(H,25,29)(H,26,28). The van der Waals surface area contributed by atoms with Gasteiger partial charge in [-0.15, -0.1) is 0 Å². The first kappa shape index (κ1) is 21.1. The first-order valence-electron chi connectivity index (χ1n) is 9.98. The van der Waals surface area contributed by atoms with Gasteiger partial charge in [-0.2, -0.15) is 0 Å². The molecule has 1 saturated heterocycles. The Morgan fingerprint density at radius 2 is 1.86 bits per heavy atom. The van der Waals surface area contributed by atoms with Gasteiger partial charge in [-0.1, -0.05) is 43.6 Å². The highest BCUT2D eigenvalue weighted by Crippen LogP contribution is 2.18. The van der Waals surface area contributed by atoms with E-state index in [1.807, 2.05) is 26.0 Å². The van der Waals surface area contributed by atoms with Gasteiger partial charge in [0.25, 0.3) is 5.91 Å². The lowest BCUT2D eigenvalue weighted by Crippen LogP contribution is -2.49. The van der Waals surface area contributed by atoms with Gasteiger partial charge in [-0.05, 0) is 42.5 Å². The van der Waals surface area contributed by atoms with Crippen LogP contribution in [0.5, 0.6) is 0 Å². The van der Waals surface area contributed by atoms with Crippen LogP contribution in [0.4, 0.5) is 5.82 Å². The molecule has 154 valence electrons. The number of anilines is 1. The molecular weight excluding hydrogens is 388 g/mol. The molecule has 6 nitrogen and oxygen atoms in total. The summed E-state index contributed by atoms with van der Waals surface area (Å²) in [7, 11) is 0. The predicted octanol–water partition coefficient (Wildman–Crippen LogP) is 3.41. The number of rotatable bonds is 7. The Morgan fingerprint density at radius 1 is 1.14 bits per heavy atom. The molecule has 2 heterocycles. The van der Waals surface area contributed by atoms with E-state index < -0.39 is 6.04 Å². The Labute approximate surface area is 176 Å². The number of carbonyl (C=O) groups excluding carboxylic acids is 2. The molecule has 7 heteroatoms. The lowest BCUT2D eigenvalue weighted by molar-refractivity contribution is -0.124. The topological polar surface area (TPSA) is 74.3 Å². The fourth-order valence-electron chi connectivity index (χ4n) is 3.35. The van der Waals surface area contributed by atoms with Crippen molar-refractivity contribution in [2.24, 2.45) is 5.92 Å². The predicted molar refractivity (Wildman–Crippen MR) is 115 cm³/mol. The lowest BCUT2D eigenvalue weighted by atomic mass is 10.0. The molecule has 29 heavy (non-hydrogen) atoms. The number of halogens is 1.